The van der Waals surface area contributed by atoms with Crippen molar-refractivity contribution in [1.82, 2.24) is 44.5 Å². The number of aliphatic hydroxyl groups excluding tert-OH is 1. The Labute approximate surface area is 254 Å². The fourth-order valence-electron chi connectivity index (χ4n) is 5.06. The van der Waals surface area contributed by atoms with Gasteiger partial charge in [-0.3, -0.25) is 14.3 Å². The third-order valence-corrected chi connectivity index (χ3v) is 10.6. The number of aromatic nitrogens is 9. The van der Waals surface area contributed by atoms with Crippen LogP contribution in [-0.4, -0.2) is 109 Å². The summed E-state index contributed by atoms with van der Waals surface area (Å²) < 4.78 is 56.0. The van der Waals surface area contributed by atoms with E-state index in [2.05, 4.69) is 35.2 Å². The minimum Gasteiger partial charge on any atom is -0.394 e. The van der Waals surface area contributed by atoms with E-state index in [0.717, 1.165) is 11.0 Å². The van der Waals surface area contributed by atoms with Gasteiger partial charge < -0.3 is 44.9 Å². The van der Waals surface area contributed by atoms with Crippen LogP contribution >= 0.6 is 13.6 Å². The molecule has 2 aliphatic rings. The molecular weight excluding hydrogens is 674 g/mol. The van der Waals surface area contributed by atoms with Crippen LogP contribution in [0.2, 0.25) is 0 Å². The number of H-pyrrole nitrogens is 1. The second kappa shape index (κ2) is 11.9. The van der Waals surface area contributed by atoms with Crippen molar-refractivity contribution < 1.29 is 42.2 Å². The van der Waals surface area contributed by atoms with Crippen LogP contribution in [0.3, 0.4) is 0 Å². The van der Waals surface area contributed by atoms with E-state index in [1.165, 1.54) is 10.9 Å². The van der Waals surface area contributed by atoms with Crippen molar-refractivity contribution >= 4 is 71.4 Å². The zero-order chi connectivity index (χ0) is 31.5. The number of alkyl halides is 2. The highest BCUT2D eigenvalue weighted by Gasteiger charge is 2.55. The Morgan fingerprint density at radius 3 is 2.61 bits per heavy atom. The molecular formula is C19H23F2N11O8P2S2. The predicted octanol–water partition coefficient (Wildman–Crippen LogP) is -1.45. The fourth-order valence-corrected chi connectivity index (χ4v) is 8.35. The average molecular weight is 698 g/mol. The van der Waals surface area contributed by atoms with Crippen molar-refractivity contribution in [2.75, 3.05) is 24.7 Å². The zero-order valence-corrected chi connectivity index (χ0v) is 25.4. The summed E-state index contributed by atoms with van der Waals surface area (Å²) in [5, 5.41) is 17.3. The van der Waals surface area contributed by atoms with Gasteiger partial charge >= 0.3 is 0 Å². The lowest BCUT2D eigenvalue weighted by atomic mass is 10.1. The summed E-state index contributed by atoms with van der Waals surface area (Å²) in [4.78, 5) is 51.6. The zero-order valence-electron chi connectivity index (χ0n) is 21.8. The Kier molecular flexibility index (Phi) is 8.47. The molecule has 19 nitrogen and oxygen atoms in total. The van der Waals surface area contributed by atoms with Gasteiger partial charge in [-0.25, -0.2) is 23.7 Å². The Morgan fingerprint density at radius 2 is 1.89 bits per heavy atom. The number of nitrogens with two attached hydrogens (primary N) is 2. The predicted molar refractivity (Wildman–Crippen MR) is 154 cm³/mol. The second-order valence-electron chi connectivity index (χ2n) is 9.64. The standard InChI is InChI=1S/C19H23F2N11O8P2S2/c20-7-5(1-33)38-18(32-15-10(29-30-32)16(34)28-19(23)27-15)12(7)42(36,44)37-2-6-11(40-41(35)43)8(21)17(39-6)31-4-26-9-13(22)24-3-25-14(9)31/h3-8,11-12,17-18,33,41H,1-2H2,(H,35,43)(H,36,44)(H2,22,24,25)(H3,23,27,28,34)/t5-,6-,7-,8+,11-,12-,17-,18?,42?/m1/s1. The molecule has 0 bridgehead atoms. The smallest absolute Gasteiger partial charge is 0.282 e. The first-order chi connectivity index (χ1) is 20.9. The molecule has 4 aromatic heterocycles. The third kappa shape index (κ3) is 5.41. The van der Waals surface area contributed by atoms with Gasteiger partial charge in [0.1, 0.15) is 42.0 Å². The SMILES string of the molecule is Nc1nc2c(nnn2C2O[C@H](CO)[C@@H](F)[C@H]2P(O)(=S)OC[C@H]2O[C@@H](n3cnc4c(N)ncnc43)[C@@H](F)[C@@H]2O[PH](O)=S)c(=O)[nH]1. The van der Waals surface area contributed by atoms with Crippen LogP contribution in [0, 0.1) is 0 Å². The summed E-state index contributed by atoms with van der Waals surface area (Å²) >= 11 is 10.1. The van der Waals surface area contributed by atoms with Crippen LogP contribution in [0.1, 0.15) is 12.5 Å². The van der Waals surface area contributed by atoms with E-state index in [1.54, 1.807) is 0 Å². The van der Waals surface area contributed by atoms with Crippen molar-refractivity contribution in [3.8, 4) is 0 Å². The molecule has 2 fully saturated rings. The molecule has 0 spiro atoms. The van der Waals surface area contributed by atoms with E-state index >= 15 is 8.78 Å². The van der Waals surface area contributed by atoms with E-state index < -0.39 is 81.2 Å². The highest BCUT2D eigenvalue weighted by atomic mass is 32.5. The van der Waals surface area contributed by atoms with Crippen LogP contribution in [0.15, 0.2) is 17.4 Å². The van der Waals surface area contributed by atoms with Gasteiger partial charge in [0.05, 0.1) is 19.5 Å². The van der Waals surface area contributed by atoms with E-state index in [1.807, 2.05) is 0 Å². The average Bonchev–Trinajstić information content (AvgIpc) is 3.72. The number of rotatable bonds is 9. The van der Waals surface area contributed by atoms with Gasteiger partial charge in [0.2, 0.25) is 5.95 Å². The Hall–Kier alpha value is -2.69. The maximum Gasteiger partial charge on any atom is 0.282 e. The molecule has 2 aliphatic heterocycles. The van der Waals surface area contributed by atoms with Gasteiger partial charge in [-0.1, -0.05) is 5.21 Å². The van der Waals surface area contributed by atoms with Gasteiger partial charge in [0.15, 0.2) is 54.9 Å². The highest BCUT2D eigenvalue weighted by molar-refractivity contribution is 8.09. The lowest BCUT2D eigenvalue weighted by Gasteiger charge is -2.29. The molecule has 0 saturated carbocycles. The summed E-state index contributed by atoms with van der Waals surface area (Å²) in [6, 6.07) is 0. The molecule has 0 aliphatic carbocycles. The van der Waals surface area contributed by atoms with E-state index in [0.29, 0.717) is 0 Å². The fraction of sp³-hybridized carbons (Fsp3) is 0.526. The number of nitrogens with zero attached hydrogens (tertiary/aromatic N) is 8. The lowest BCUT2D eigenvalue weighted by molar-refractivity contribution is -0.0416. The third-order valence-electron chi connectivity index (χ3n) is 7.03. The quantitative estimate of drug-likeness (QED) is 0.109. The summed E-state index contributed by atoms with van der Waals surface area (Å²) in [6.07, 6.45) is -9.00. The molecule has 6 rings (SSSR count). The number of ether oxygens (including phenoxy) is 2. The number of hydrogen-bond acceptors (Lipinski definition) is 16. The maximum absolute atomic E-state index is 15.8. The van der Waals surface area contributed by atoms with Gasteiger partial charge in [-0.2, -0.15) is 9.67 Å². The molecule has 4 aromatic rings. The van der Waals surface area contributed by atoms with Crippen LogP contribution in [0.5, 0.6) is 0 Å². The van der Waals surface area contributed by atoms with Gasteiger partial charge in [-0.05, 0) is 23.6 Å². The lowest BCUT2D eigenvalue weighted by Crippen LogP contribution is -2.35. The van der Waals surface area contributed by atoms with Crippen molar-refractivity contribution in [3.63, 3.8) is 0 Å². The molecule has 6 heterocycles. The second-order valence-corrected chi connectivity index (χ2v) is 15.0. The van der Waals surface area contributed by atoms with Crippen molar-refractivity contribution in [3.05, 3.63) is 23.0 Å². The van der Waals surface area contributed by atoms with Crippen LogP contribution in [0.4, 0.5) is 20.5 Å². The Bertz CT molecular complexity index is 1850. The van der Waals surface area contributed by atoms with Gasteiger partial charge in [0, 0.05) is 0 Å². The first-order valence-electron chi connectivity index (χ1n) is 12.5. The molecule has 238 valence electrons. The maximum atomic E-state index is 15.8. The minimum absolute atomic E-state index is 0.0418. The molecule has 8 N–H and O–H groups in total. The van der Waals surface area contributed by atoms with Gasteiger partial charge in [0.25, 0.3) is 5.56 Å². The highest BCUT2D eigenvalue weighted by Crippen LogP contribution is 2.58. The summed E-state index contributed by atoms with van der Waals surface area (Å²) in [5.74, 6) is -0.262. The summed E-state index contributed by atoms with van der Waals surface area (Å²) in [7, 11) is -2.89. The molecule has 2 saturated heterocycles. The number of imidazole rings is 1. The summed E-state index contributed by atoms with van der Waals surface area (Å²) in [6.45, 7) is -5.78. The van der Waals surface area contributed by atoms with Crippen LogP contribution < -0.4 is 17.0 Å². The van der Waals surface area contributed by atoms with Crippen molar-refractivity contribution in [2.45, 2.75) is 48.8 Å². The molecule has 0 radical (unpaired) electrons. The molecule has 10 atom stereocenters. The number of anilines is 2. The number of nitrogen functional groups attached to an aromatic ring is 2. The van der Waals surface area contributed by atoms with Crippen LogP contribution in [-0.2, 0) is 42.1 Å². The summed E-state index contributed by atoms with van der Waals surface area (Å²) in [5.41, 5.74) is 8.88. The van der Waals surface area contributed by atoms with Crippen molar-refractivity contribution in [2.24, 2.45) is 0 Å². The number of halogens is 2. The monoisotopic (exact) mass is 697 g/mol. The van der Waals surface area contributed by atoms with Crippen molar-refractivity contribution in [1.29, 1.82) is 0 Å². The van der Waals surface area contributed by atoms with E-state index in [-0.39, 0.29) is 34.1 Å². The number of aliphatic hydroxyl groups is 1. The van der Waals surface area contributed by atoms with Crippen LogP contribution in [0.25, 0.3) is 22.3 Å². The Morgan fingerprint density at radius 1 is 1.14 bits per heavy atom. The Balaban J connectivity index is 1.29. The number of fused-ring (bicyclic) bond motifs is 2. The normalized spacial score (nSPS) is 31.1. The van der Waals surface area contributed by atoms with E-state index in [4.69, 9.17) is 53.6 Å². The van der Waals surface area contributed by atoms with Gasteiger partial charge in [-0.15, -0.1) is 5.10 Å². The minimum atomic E-state index is -4.31. The number of aromatic amines is 1. The number of hydrogen-bond donors (Lipinski definition) is 6. The first kappa shape index (κ1) is 31.3. The molecule has 25 heteroatoms. The molecule has 44 heavy (non-hydrogen) atoms. The topological polar surface area (TPSA) is 270 Å². The largest absolute Gasteiger partial charge is 0.394 e. The molecule has 0 amide bonds. The molecule has 3 unspecified atom stereocenters. The first-order valence-corrected chi connectivity index (χ1v) is 17.7. The molecule has 0 aromatic carbocycles. The number of nitrogens with one attached hydrogen (secondary N) is 1. The van der Waals surface area contributed by atoms with E-state index in [9.17, 15) is 19.7 Å².